The Hall–Kier alpha value is -1.18. The minimum atomic E-state index is -0.159. The number of anilines is 1. The molecule has 0 N–H and O–H groups in total. The number of thiophene rings is 1. The molecule has 0 atom stereocenters. The van der Waals surface area contributed by atoms with E-state index in [9.17, 15) is 4.79 Å². The maximum atomic E-state index is 13.3. The zero-order chi connectivity index (χ0) is 20.4. The zero-order valence-electron chi connectivity index (χ0n) is 16.4. The molecule has 0 saturated heterocycles. The number of aryl methyl sites for hydroxylation is 2. The van der Waals surface area contributed by atoms with Gasteiger partial charge in [0, 0.05) is 13.1 Å². The SMILES string of the molecule is CCN(CC)CCN(C(=O)c1cc(Cl)sc1Cl)c1nc2cc(C)cc(C)c2s1. The number of fused-ring (bicyclic) bond motifs is 1. The summed E-state index contributed by atoms with van der Waals surface area (Å²) < 4.78 is 2.03. The van der Waals surface area contributed by atoms with E-state index in [-0.39, 0.29) is 5.91 Å². The molecule has 0 fully saturated rings. The number of likely N-dealkylation sites (N-methyl/N-ethyl adjacent to an activating group) is 1. The molecule has 0 aliphatic carbocycles. The molecule has 2 aromatic heterocycles. The fourth-order valence-electron chi connectivity index (χ4n) is 3.18. The van der Waals surface area contributed by atoms with Gasteiger partial charge in [-0.15, -0.1) is 11.3 Å². The van der Waals surface area contributed by atoms with Gasteiger partial charge in [0.1, 0.15) is 4.34 Å². The Kier molecular flexibility index (Phi) is 6.99. The molecule has 0 aliphatic rings. The normalized spacial score (nSPS) is 11.5. The van der Waals surface area contributed by atoms with Gasteiger partial charge in [-0.2, -0.15) is 0 Å². The van der Waals surface area contributed by atoms with Crippen LogP contribution in [0, 0.1) is 13.8 Å². The van der Waals surface area contributed by atoms with Crippen molar-refractivity contribution in [1.82, 2.24) is 9.88 Å². The number of carbonyl (C=O) groups is 1. The third-order valence-electron chi connectivity index (χ3n) is 4.71. The van der Waals surface area contributed by atoms with Crippen LogP contribution in [0.1, 0.15) is 35.3 Å². The monoisotopic (exact) mass is 455 g/mol. The first-order valence-corrected chi connectivity index (χ1v) is 11.6. The van der Waals surface area contributed by atoms with Gasteiger partial charge in [-0.3, -0.25) is 9.69 Å². The van der Waals surface area contributed by atoms with Crippen LogP contribution in [0.25, 0.3) is 10.2 Å². The second-order valence-electron chi connectivity index (χ2n) is 6.65. The summed E-state index contributed by atoms with van der Waals surface area (Å²) in [5.41, 5.74) is 3.69. The van der Waals surface area contributed by atoms with E-state index in [1.807, 2.05) is 0 Å². The fourth-order valence-corrected chi connectivity index (χ4v) is 5.67. The van der Waals surface area contributed by atoms with Crippen LogP contribution in [0.5, 0.6) is 0 Å². The summed E-state index contributed by atoms with van der Waals surface area (Å²) in [6.07, 6.45) is 0. The molecule has 1 aromatic carbocycles. The second-order valence-corrected chi connectivity index (χ2v) is 9.91. The van der Waals surface area contributed by atoms with Gasteiger partial charge in [0.25, 0.3) is 5.91 Å². The molecule has 2 heterocycles. The standard InChI is InChI=1S/C20H23Cl2N3OS2/c1-5-24(6-2)7-8-25(19(26)14-11-16(21)27-18(14)22)20-23-15-10-12(3)9-13(4)17(15)28-20/h9-11H,5-8H2,1-4H3. The lowest BCUT2D eigenvalue weighted by atomic mass is 10.1. The quantitative estimate of drug-likeness (QED) is 0.420. The average molecular weight is 456 g/mol. The van der Waals surface area contributed by atoms with E-state index in [0.29, 0.717) is 25.9 Å². The number of nitrogens with zero attached hydrogens (tertiary/aromatic N) is 3. The largest absolute Gasteiger partial charge is 0.302 e. The number of amides is 1. The second kappa shape index (κ2) is 9.09. The maximum absolute atomic E-state index is 13.3. The van der Waals surface area contributed by atoms with E-state index in [0.717, 1.165) is 35.4 Å². The molecule has 0 saturated carbocycles. The van der Waals surface area contributed by atoms with E-state index in [1.54, 1.807) is 22.3 Å². The predicted molar refractivity (Wildman–Crippen MR) is 123 cm³/mol. The predicted octanol–water partition coefficient (Wildman–Crippen LogP) is 6.27. The van der Waals surface area contributed by atoms with Crippen molar-refractivity contribution in [3.63, 3.8) is 0 Å². The van der Waals surface area contributed by atoms with Gasteiger partial charge < -0.3 is 4.90 Å². The van der Waals surface area contributed by atoms with E-state index < -0.39 is 0 Å². The van der Waals surface area contributed by atoms with Crippen molar-refractivity contribution >= 4 is 67.1 Å². The van der Waals surface area contributed by atoms with E-state index in [2.05, 4.69) is 44.7 Å². The highest BCUT2D eigenvalue weighted by Crippen LogP contribution is 2.36. The Balaban J connectivity index is 2.01. The highest BCUT2D eigenvalue weighted by atomic mass is 35.5. The van der Waals surface area contributed by atoms with Gasteiger partial charge in [0.05, 0.1) is 20.1 Å². The fraction of sp³-hybridized carbons (Fsp3) is 0.400. The Morgan fingerprint density at radius 1 is 1.07 bits per heavy atom. The molecule has 0 unspecified atom stereocenters. The summed E-state index contributed by atoms with van der Waals surface area (Å²) in [5.74, 6) is -0.159. The van der Waals surface area contributed by atoms with Crippen molar-refractivity contribution in [2.24, 2.45) is 0 Å². The van der Waals surface area contributed by atoms with Crippen LogP contribution in [-0.2, 0) is 0 Å². The Morgan fingerprint density at radius 3 is 2.39 bits per heavy atom. The number of thiazole rings is 1. The van der Waals surface area contributed by atoms with Crippen LogP contribution in [0.2, 0.25) is 8.67 Å². The first kappa shape index (κ1) is 21.5. The van der Waals surface area contributed by atoms with Crippen molar-refractivity contribution in [3.05, 3.63) is 43.6 Å². The number of carbonyl (C=O) groups excluding carboxylic acids is 1. The summed E-state index contributed by atoms with van der Waals surface area (Å²) in [7, 11) is 0. The maximum Gasteiger partial charge on any atom is 0.262 e. The summed E-state index contributed by atoms with van der Waals surface area (Å²) >= 11 is 15.1. The molecule has 1 amide bonds. The molecular weight excluding hydrogens is 433 g/mol. The first-order chi connectivity index (χ1) is 13.3. The van der Waals surface area contributed by atoms with Gasteiger partial charge in [0.15, 0.2) is 5.13 Å². The molecule has 0 bridgehead atoms. The number of benzene rings is 1. The van der Waals surface area contributed by atoms with Crippen molar-refractivity contribution in [3.8, 4) is 0 Å². The number of hydrogen-bond acceptors (Lipinski definition) is 5. The van der Waals surface area contributed by atoms with Crippen molar-refractivity contribution in [2.75, 3.05) is 31.1 Å². The zero-order valence-corrected chi connectivity index (χ0v) is 19.5. The van der Waals surface area contributed by atoms with Gasteiger partial charge in [0.2, 0.25) is 0 Å². The summed E-state index contributed by atoms with van der Waals surface area (Å²) in [5, 5.41) is 0.694. The Bertz CT molecular complexity index is 995. The third-order valence-corrected chi connectivity index (χ3v) is 7.42. The van der Waals surface area contributed by atoms with Crippen molar-refractivity contribution in [1.29, 1.82) is 0 Å². The van der Waals surface area contributed by atoms with Crippen LogP contribution in [0.15, 0.2) is 18.2 Å². The smallest absolute Gasteiger partial charge is 0.262 e. The Labute approximate surface area is 183 Å². The van der Waals surface area contributed by atoms with Gasteiger partial charge in [-0.25, -0.2) is 4.98 Å². The summed E-state index contributed by atoms with van der Waals surface area (Å²) in [6.45, 7) is 11.6. The lowest BCUT2D eigenvalue weighted by molar-refractivity contribution is 0.0984. The van der Waals surface area contributed by atoms with E-state index in [4.69, 9.17) is 28.2 Å². The molecule has 3 rings (SSSR count). The number of hydrogen-bond donors (Lipinski definition) is 0. The molecule has 3 aromatic rings. The lowest BCUT2D eigenvalue weighted by Crippen LogP contribution is -2.38. The number of aromatic nitrogens is 1. The molecule has 28 heavy (non-hydrogen) atoms. The van der Waals surface area contributed by atoms with E-state index in [1.165, 1.54) is 16.9 Å². The molecular formula is C20H23Cl2N3OS2. The molecule has 0 radical (unpaired) electrons. The van der Waals surface area contributed by atoms with Crippen LogP contribution >= 0.6 is 45.9 Å². The topological polar surface area (TPSA) is 36.4 Å². The molecule has 150 valence electrons. The van der Waals surface area contributed by atoms with Crippen molar-refractivity contribution in [2.45, 2.75) is 27.7 Å². The van der Waals surface area contributed by atoms with Crippen LogP contribution < -0.4 is 4.90 Å². The molecule has 8 heteroatoms. The van der Waals surface area contributed by atoms with Crippen LogP contribution in [0.4, 0.5) is 5.13 Å². The molecule has 0 aliphatic heterocycles. The minimum Gasteiger partial charge on any atom is -0.302 e. The third kappa shape index (κ3) is 4.52. The van der Waals surface area contributed by atoms with E-state index >= 15 is 0 Å². The summed E-state index contributed by atoms with van der Waals surface area (Å²) in [6, 6.07) is 5.84. The van der Waals surface area contributed by atoms with Gasteiger partial charge >= 0.3 is 0 Å². The van der Waals surface area contributed by atoms with Crippen molar-refractivity contribution < 1.29 is 4.79 Å². The summed E-state index contributed by atoms with van der Waals surface area (Å²) in [4.78, 5) is 22.1. The molecule has 0 spiro atoms. The minimum absolute atomic E-state index is 0.159. The van der Waals surface area contributed by atoms with Crippen LogP contribution in [-0.4, -0.2) is 42.0 Å². The lowest BCUT2D eigenvalue weighted by Gasteiger charge is -2.24. The first-order valence-electron chi connectivity index (χ1n) is 9.20. The van der Waals surface area contributed by atoms with Gasteiger partial charge in [-0.05, 0) is 50.2 Å². The highest BCUT2D eigenvalue weighted by Gasteiger charge is 2.25. The van der Waals surface area contributed by atoms with Crippen LogP contribution in [0.3, 0.4) is 0 Å². The number of rotatable bonds is 7. The molecule has 4 nitrogen and oxygen atoms in total. The highest BCUT2D eigenvalue weighted by molar-refractivity contribution is 7.22. The Morgan fingerprint density at radius 2 is 1.79 bits per heavy atom. The van der Waals surface area contributed by atoms with Gasteiger partial charge in [-0.1, -0.05) is 54.5 Å². The average Bonchev–Trinajstić information content (AvgIpc) is 3.21. The number of halogens is 2.